The Labute approximate surface area is 132 Å². The van der Waals surface area contributed by atoms with E-state index in [9.17, 15) is 4.79 Å². The van der Waals surface area contributed by atoms with Crippen LogP contribution < -0.4 is 0 Å². The number of thiazole rings is 1. The van der Waals surface area contributed by atoms with Gasteiger partial charge in [-0.05, 0) is 43.7 Å². The Balaban J connectivity index is 1.56. The Morgan fingerprint density at radius 2 is 2.23 bits per heavy atom. The number of H-pyrrole nitrogens is 1. The number of aromatic nitrogens is 2. The SMILES string of the molecule is O=C(CN1CCC[C@@H]1c1nc2ccccc2s1)c1ccc[nH]1. The fourth-order valence-electron chi connectivity index (χ4n) is 3.10. The molecule has 1 atom stereocenters. The van der Waals surface area contributed by atoms with Crippen LogP contribution in [0.2, 0.25) is 0 Å². The Kier molecular flexibility index (Phi) is 3.52. The zero-order valence-electron chi connectivity index (χ0n) is 12.2. The summed E-state index contributed by atoms with van der Waals surface area (Å²) in [6.07, 6.45) is 4.00. The number of Topliss-reactive ketones (excluding diaryl/α,β-unsaturated/α-hetero) is 1. The first-order valence-electron chi connectivity index (χ1n) is 7.57. The fourth-order valence-corrected chi connectivity index (χ4v) is 4.24. The number of ketones is 1. The van der Waals surface area contributed by atoms with Crippen molar-refractivity contribution in [1.82, 2.24) is 14.9 Å². The number of fused-ring (bicyclic) bond motifs is 1. The molecule has 3 heterocycles. The molecule has 0 radical (unpaired) electrons. The highest BCUT2D eigenvalue weighted by molar-refractivity contribution is 7.18. The highest BCUT2D eigenvalue weighted by Crippen LogP contribution is 2.36. The second kappa shape index (κ2) is 5.66. The van der Waals surface area contributed by atoms with Gasteiger partial charge in [0.15, 0.2) is 5.78 Å². The summed E-state index contributed by atoms with van der Waals surface area (Å²) in [6.45, 7) is 1.42. The standard InChI is InChI=1S/C17H17N3OS/c21-15(12-6-3-9-18-12)11-20-10-4-7-14(20)17-19-13-5-1-2-8-16(13)22-17/h1-3,5-6,8-9,14,18H,4,7,10-11H2/t14-/m1/s1. The molecule has 1 aliphatic rings. The number of nitrogens with zero attached hydrogens (tertiary/aromatic N) is 2. The summed E-state index contributed by atoms with van der Waals surface area (Å²) < 4.78 is 1.22. The first-order chi connectivity index (χ1) is 10.8. The lowest BCUT2D eigenvalue weighted by molar-refractivity contribution is 0.0917. The summed E-state index contributed by atoms with van der Waals surface area (Å²) in [4.78, 5) is 22.4. The Hall–Kier alpha value is -1.98. The number of likely N-dealkylation sites (tertiary alicyclic amines) is 1. The third-order valence-corrected chi connectivity index (χ3v) is 5.34. The van der Waals surface area contributed by atoms with Crippen molar-refractivity contribution in [2.75, 3.05) is 13.1 Å². The van der Waals surface area contributed by atoms with Gasteiger partial charge in [0.2, 0.25) is 0 Å². The van der Waals surface area contributed by atoms with E-state index in [1.165, 1.54) is 4.70 Å². The molecule has 112 valence electrons. The van der Waals surface area contributed by atoms with Gasteiger partial charge in [0.25, 0.3) is 0 Å². The van der Waals surface area contributed by atoms with E-state index in [1.807, 2.05) is 24.3 Å². The van der Waals surface area contributed by atoms with Crippen LogP contribution in [0.3, 0.4) is 0 Å². The van der Waals surface area contributed by atoms with Crippen molar-refractivity contribution in [2.24, 2.45) is 0 Å². The highest BCUT2D eigenvalue weighted by atomic mass is 32.1. The maximum absolute atomic E-state index is 12.3. The van der Waals surface area contributed by atoms with Crippen LogP contribution in [0.1, 0.15) is 34.4 Å². The predicted molar refractivity (Wildman–Crippen MR) is 88.3 cm³/mol. The molecule has 1 fully saturated rings. The van der Waals surface area contributed by atoms with Gasteiger partial charge in [0.05, 0.1) is 28.5 Å². The molecule has 0 aliphatic carbocycles. The molecule has 0 spiro atoms. The van der Waals surface area contributed by atoms with Crippen LogP contribution in [0.15, 0.2) is 42.6 Å². The third kappa shape index (κ3) is 2.46. The first kappa shape index (κ1) is 13.7. The Morgan fingerprint density at radius 1 is 1.32 bits per heavy atom. The number of aromatic amines is 1. The van der Waals surface area contributed by atoms with Crippen molar-refractivity contribution in [3.63, 3.8) is 0 Å². The van der Waals surface area contributed by atoms with E-state index < -0.39 is 0 Å². The van der Waals surface area contributed by atoms with Crippen LogP contribution in [0.4, 0.5) is 0 Å². The lowest BCUT2D eigenvalue weighted by Gasteiger charge is -2.21. The Bertz CT molecular complexity index is 760. The molecule has 1 N–H and O–H groups in total. The van der Waals surface area contributed by atoms with Crippen LogP contribution in [-0.2, 0) is 0 Å². The summed E-state index contributed by atoms with van der Waals surface area (Å²) in [6, 6.07) is 12.2. The molecule has 0 amide bonds. The zero-order valence-corrected chi connectivity index (χ0v) is 13.0. The number of para-hydroxylation sites is 1. The predicted octanol–water partition coefficient (Wildman–Crippen LogP) is 3.64. The molecular weight excluding hydrogens is 294 g/mol. The largest absolute Gasteiger partial charge is 0.359 e. The quantitative estimate of drug-likeness (QED) is 0.748. The maximum Gasteiger partial charge on any atom is 0.192 e. The van der Waals surface area contributed by atoms with Gasteiger partial charge in [0, 0.05) is 6.20 Å². The van der Waals surface area contributed by atoms with Crippen LogP contribution >= 0.6 is 11.3 Å². The van der Waals surface area contributed by atoms with Gasteiger partial charge < -0.3 is 4.98 Å². The number of hydrogen-bond donors (Lipinski definition) is 1. The van der Waals surface area contributed by atoms with E-state index in [1.54, 1.807) is 17.5 Å². The van der Waals surface area contributed by atoms with Crippen molar-refractivity contribution < 1.29 is 4.79 Å². The normalized spacial score (nSPS) is 19.0. The summed E-state index contributed by atoms with van der Waals surface area (Å²) in [5.41, 5.74) is 1.75. The molecular formula is C17H17N3OS. The zero-order chi connectivity index (χ0) is 14.9. The van der Waals surface area contributed by atoms with Gasteiger partial charge in [-0.2, -0.15) is 0 Å². The number of carbonyl (C=O) groups is 1. The van der Waals surface area contributed by atoms with Crippen LogP contribution in [0.5, 0.6) is 0 Å². The van der Waals surface area contributed by atoms with Crippen molar-refractivity contribution in [3.8, 4) is 0 Å². The third-order valence-electron chi connectivity index (χ3n) is 4.20. The van der Waals surface area contributed by atoms with Gasteiger partial charge in [-0.3, -0.25) is 9.69 Å². The molecule has 5 heteroatoms. The van der Waals surface area contributed by atoms with E-state index in [4.69, 9.17) is 4.98 Å². The van der Waals surface area contributed by atoms with E-state index >= 15 is 0 Å². The summed E-state index contributed by atoms with van der Waals surface area (Å²) in [5.74, 6) is 0.151. The van der Waals surface area contributed by atoms with E-state index in [-0.39, 0.29) is 11.8 Å². The number of rotatable bonds is 4. The second-order valence-corrected chi connectivity index (χ2v) is 6.72. The average Bonchev–Trinajstić information content (AvgIpc) is 3.26. The molecule has 0 bridgehead atoms. The maximum atomic E-state index is 12.3. The molecule has 1 saturated heterocycles. The molecule has 3 aromatic rings. The Morgan fingerprint density at radius 3 is 3.05 bits per heavy atom. The van der Waals surface area contributed by atoms with Crippen molar-refractivity contribution in [1.29, 1.82) is 0 Å². The first-order valence-corrected chi connectivity index (χ1v) is 8.39. The molecule has 0 saturated carbocycles. The molecule has 1 aliphatic heterocycles. The molecule has 2 aromatic heterocycles. The molecule has 1 aromatic carbocycles. The van der Waals surface area contributed by atoms with Crippen LogP contribution in [-0.4, -0.2) is 33.7 Å². The lowest BCUT2D eigenvalue weighted by Crippen LogP contribution is -2.29. The van der Waals surface area contributed by atoms with E-state index in [2.05, 4.69) is 22.0 Å². The molecule has 4 rings (SSSR count). The minimum absolute atomic E-state index is 0.151. The van der Waals surface area contributed by atoms with Gasteiger partial charge in [-0.15, -0.1) is 11.3 Å². The lowest BCUT2D eigenvalue weighted by atomic mass is 10.2. The van der Waals surface area contributed by atoms with Gasteiger partial charge in [-0.1, -0.05) is 12.1 Å². The van der Waals surface area contributed by atoms with Crippen LogP contribution in [0, 0.1) is 0 Å². The van der Waals surface area contributed by atoms with Gasteiger partial charge >= 0.3 is 0 Å². The van der Waals surface area contributed by atoms with Crippen LogP contribution in [0.25, 0.3) is 10.2 Å². The number of benzene rings is 1. The smallest absolute Gasteiger partial charge is 0.192 e. The van der Waals surface area contributed by atoms with Crippen molar-refractivity contribution >= 4 is 27.3 Å². The molecule has 22 heavy (non-hydrogen) atoms. The molecule has 0 unspecified atom stereocenters. The summed E-state index contributed by atoms with van der Waals surface area (Å²) >= 11 is 1.75. The number of hydrogen-bond acceptors (Lipinski definition) is 4. The second-order valence-electron chi connectivity index (χ2n) is 5.66. The number of nitrogens with one attached hydrogen (secondary N) is 1. The number of carbonyl (C=O) groups excluding carboxylic acids is 1. The topological polar surface area (TPSA) is 49.0 Å². The van der Waals surface area contributed by atoms with Crippen molar-refractivity contribution in [3.05, 3.63) is 53.3 Å². The highest BCUT2D eigenvalue weighted by Gasteiger charge is 2.30. The van der Waals surface area contributed by atoms with E-state index in [0.717, 1.165) is 29.9 Å². The molecule has 4 nitrogen and oxygen atoms in total. The van der Waals surface area contributed by atoms with Crippen molar-refractivity contribution in [2.45, 2.75) is 18.9 Å². The fraction of sp³-hybridized carbons (Fsp3) is 0.294. The minimum atomic E-state index is 0.151. The minimum Gasteiger partial charge on any atom is -0.359 e. The summed E-state index contributed by atoms with van der Waals surface area (Å²) in [7, 11) is 0. The summed E-state index contributed by atoms with van der Waals surface area (Å²) in [5, 5.41) is 1.14. The monoisotopic (exact) mass is 311 g/mol. The van der Waals surface area contributed by atoms with E-state index in [0.29, 0.717) is 12.2 Å². The average molecular weight is 311 g/mol. The van der Waals surface area contributed by atoms with Gasteiger partial charge in [-0.25, -0.2) is 4.98 Å². The van der Waals surface area contributed by atoms with Gasteiger partial charge in [0.1, 0.15) is 5.01 Å².